The molecule has 3 aromatic rings. The Morgan fingerprint density at radius 1 is 1.18 bits per heavy atom. The van der Waals surface area contributed by atoms with Crippen molar-refractivity contribution < 1.29 is 9.53 Å². The summed E-state index contributed by atoms with van der Waals surface area (Å²) in [6.45, 7) is 6.94. The van der Waals surface area contributed by atoms with Crippen molar-refractivity contribution in [1.82, 2.24) is 25.5 Å². The van der Waals surface area contributed by atoms with Crippen molar-refractivity contribution in [3.63, 3.8) is 0 Å². The van der Waals surface area contributed by atoms with Crippen LogP contribution in [-0.4, -0.2) is 45.0 Å². The van der Waals surface area contributed by atoms with Gasteiger partial charge in [0.2, 0.25) is 11.1 Å². The van der Waals surface area contributed by atoms with Crippen LogP contribution in [0.5, 0.6) is 5.75 Å². The highest BCUT2D eigenvalue weighted by atomic mass is 32.2. The van der Waals surface area contributed by atoms with Crippen LogP contribution in [-0.2, 0) is 4.79 Å². The number of tetrazole rings is 1. The summed E-state index contributed by atoms with van der Waals surface area (Å²) in [4.78, 5) is 12.1. The average Bonchev–Trinajstić information content (AvgIpc) is 3.14. The first-order chi connectivity index (χ1) is 13.5. The third kappa shape index (κ3) is 5.10. The van der Waals surface area contributed by atoms with E-state index in [1.807, 2.05) is 63.2 Å². The van der Waals surface area contributed by atoms with Crippen molar-refractivity contribution in [3.8, 4) is 11.4 Å². The van der Waals surface area contributed by atoms with Gasteiger partial charge in [-0.05, 0) is 66.1 Å². The molecule has 1 aromatic heterocycles. The number of carbonyl (C=O) groups excluding carboxylic acids is 1. The van der Waals surface area contributed by atoms with Crippen LogP contribution in [0.3, 0.4) is 0 Å². The zero-order chi connectivity index (χ0) is 19.9. The third-order valence-electron chi connectivity index (χ3n) is 4.26. The number of nitrogens with one attached hydrogen (secondary N) is 1. The summed E-state index contributed by atoms with van der Waals surface area (Å²) in [5.74, 6) is 0.944. The van der Waals surface area contributed by atoms with E-state index in [1.54, 1.807) is 4.68 Å². The fraction of sp³-hybridized carbons (Fsp3) is 0.300. The summed E-state index contributed by atoms with van der Waals surface area (Å²) < 4.78 is 7.30. The maximum absolute atomic E-state index is 12.1. The molecule has 0 atom stereocenters. The monoisotopic (exact) mass is 397 g/mol. The maximum Gasteiger partial charge on any atom is 0.230 e. The minimum Gasteiger partial charge on any atom is -0.492 e. The van der Waals surface area contributed by atoms with E-state index in [0.29, 0.717) is 18.3 Å². The van der Waals surface area contributed by atoms with E-state index in [9.17, 15) is 4.79 Å². The normalized spacial score (nSPS) is 10.7. The highest BCUT2D eigenvalue weighted by Gasteiger charge is 2.13. The third-order valence-corrected chi connectivity index (χ3v) is 5.18. The lowest BCUT2D eigenvalue weighted by molar-refractivity contribution is -0.118. The molecule has 8 heteroatoms. The molecule has 28 heavy (non-hydrogen) atoms. The van der Waals surface area contributed by atoms with Gasteiger partial charge in [0.05, 0.1) is 18.0 Å². The van der Waals surface area contributed by atoms with E-state index in [2.05, 4.69) is 20.8 Å². The summed E-state index contributed by atoms with van der Waals surface area (Å²) in [6.07, 6.45) is 0. The summed E-state index contributed by atoms with van der Waals surface area (Å²) in [6, 6.07) is 13.8. The molecule has 0 radical (unpaired) electrons. The van der Waals surface area contributed by atoms with Crippen molar-refractivity contribution in [1.29, 1.82) is 0 Å². The van der Waals surface area contributed by atoms with Crippen LogP contribution < -0.4 is 10.1 Å². The quantitative estimate of drug-likeness (QED) is 0.465. The Hall–Kier alpha value is -2.87. The smallest absolute Gasteiger partial charge is 0.230 e. The van der Waals surface area contributed by atoms with E-state index >= 15 is 0 Å². The van der Waals surface area contributed by atoms with Gasteiger partial charge in [-0.25, -0.2) is 0 Å². The molecule has 0 unspecified atom stereocenters. The zero-order valence-electron chi connectivity index (χ0n) is 16.2. The summed E-state index contributed by atoms with van der Waals surface area (Å²) in [5.41, 5.74) is 4.32. The summed E-state index contributed by atoms with van der Waals surface area (Å²) in [7, 11) is 0. The van der Waals surface area contributed by atoms with Gasteiger partial charge >= 0.3 is 0 Å². The van der Waals surface area contributed by atoms with E-state index in [1.165, 1.54) is 11.8 Å². The predicted molar refractivity (Wildman–Crippen MR) is 109 cm³/mol. The molecule has 0 saturated carbocycles. The molecule has 1 amide bonds. The lowest BCUT2D eigenvalue weighted by atomic mass is 10.1. The molecule has 3 rings (SSSR count). The molecule has 1 heterocycles. The van der Waals surface area contributed by atoms with Crippen LogP contribution in [0.4, 0.5) is 0 Å². The summed E-state index contributed by atoms with van der Waals surface area (Å²) >= 11 is 1.30. The van der Waals surface area contributed by atoms with Crippen molar-refractivity contribution in [2.24, 2.45) is 0 Å². The number of hydrogen-bond acceptors (Lipinski definition) is 6. The van der Waals surface area contributed by atoms with Crippen LogP contribution in [0.15, 0.2) is 47.6 Å². The number of rotatable bonds is 8. The molecule has 146 valence electrons. The second kappa shape index (κ2) is 9.36. The minimum absolute atomic E-state index is 0.0895. The highest BCUT2D eigenvalue weighted by Crippen LogP contribution is 2.22. The Bertz CT molecular complexity index is 957. The molecular weight excluding hydrogens is 374 g/mol. The molecule has 0 aliphatic rings. The molecular formula is C20H23N5O2S. The zero-order valence-corrected chi connectivity index (χ0v) is 17.0. The van der Waals surface area contributed by atoms with E-state index in [0.717, 1.165) is 28.1 Å². The number of carbonyl (C=O) groups is 1. The first kappa shape index (κ1) is 19.9. The molecule has 1 N–H and O–H groups in total. The number of amides is 1. The molecule has 0 bridgehead atoms. The molecule has 0 aliphatic heterocycles. The molecule has 2 aromatic carbocycles. The van der Waals surface area contributed by atoms with Gasteiger partial charge in [-0.2, -0.15) is 4.68 Å². The van der Waals surface area contributed by atoms with Gasteiger partial charge in [-0.1, -0.05) is 36.0 Å². The van der Waals surface area contributed by atoms with Crippen molar-refractivity contribution in [3.05, 3.63) is 59.2 Å². The number of aromatic nitrogens is 4. The van der Waals surface area contributed by atoms with Crippen LogP contribution in [0.2, 0.25) is 0 Å². The second-order valence-corrected chi connectivity index (χ2v) is 7.34. The Morgan fingerprint density at radius 2 is 2.00 bits per heavy atom. The molecule has 0 saturated heterocycles. The van der Waals surface area contributed by atoms with E-state index < -0.39 is 0 Å². The van der Waals surface area contributed by atoms with Crippen LogP contribution >= 0.6 is 11.8 Å². The van der Waals surface area contributed by atoms with Crippen molar-refractivity contribution in [2.45, 2.75) is 25.9 Å². The second-order valence-electron chi connectivity index (χ2n) is 6.40. The largest absolute Gasteiger partial charge is 0.492 e. The molecule has 0 spiro atoms. The lowest BCUT2D eigenvalue weighted by Crippen LogP contribution is -2.29. The number of benzene rings is 2. The molecule has 7 nitrogen and oxygen atoms in total. The number of nitrogens with zero attached hydrogens (tertiary/aromatic N) is 4. The Labute approximate surface area is 168 Å². The fourth-order valence-electron chi connectivity index (χ4n) is 2.63. The Kier molecular flexibility index (Phi) is 6.65. The number of aryl methyl sites for hydroxylation is 2. The number of thioether (sulfide) groups is 1. The number of ether oxygens (including phenoxy) is 1. The van der Waals surface area contributed by atoms with Crippen LogP contribution in [0.1, 0.15) is 16.7 Å². The van der Waals surface area contributed by atoms with Gasteiger partial charge in [0.15, 0.2) is 0 Å². The standard InChI is InChI=1S/C20H23N5O2S/c1-14-6-4-8-17(12-14)27-11-10-21-19(26)13-28-20-22-23-24-25(20)18-9-5-7-15(2)16(18)3/h4-9,12H,10-11,13H2,1-3H3,(H,21,26). The van der Waals surface area contributed by atoms with Crippen LogP contribution in [0.25, 0.3) is 5.69 Å². The molecule has 0 aliphatic carbocycles. The predicted octanol–water partition coefficient (Wildman–Crippen LogP) is 2.87. The van der Waals surface area contributed by atoms with Crippen molar-refractivity contribution >= 4 is 17.7 Å². The Morgan fingerprint density at radius 3 is 2.82 bits per heavy atom. The van der Waals surface area contributed by atoms with Crippen LogP contribution in [0, 0.1) is 20.8 Å². The van der Waals surface area contributed by atoms with Gasteiger partial charge in [-0.3, -0.25) is 4.79 Å². The fourth-order valence-corrected chi connectivity index (χ4v) is 3.34. The van der Waals surface area contributed by atoms with Gasteiger partial charge in [0, 0.05) is 0 Å². The van der Waals surface area contributed by atoms with Gasteiger partial charge in [0.1, 0.15) is 12.4 Å². The van der Waals surface area contributed by atoms with E-state index in [4.69, 9.17) is 4.74 Å². The minimum atomic E-state index is -0.0895. The van der Waals surface area contributed by atoms with E-state index in [-0.39, 0.29) is 11.7 Å². The van der Waals surface area contributed by atoms with Gasteiger partial charge < -0.3 is 10.1 Å². The molecule has 0 fully saturated rings. The average molecular weight is 398 g/mol. The summed E-state index contributed by atoms with van der Waals surface area (Å²) in [5, 5.41) is 15.3. The highest BCUT2D eigenvalue weighted by molar-refractivity contribution is 7.99. The van der Waals surface area contributed by atoms with Gasteiger partial charge in [0.25, 0.3) is 0 Å². The lowest BCUT2D eigenvalue weighted by Gasteiger charge is -2.10. The van der Waals surface area contributed by atoms with Crippen molar-refractivity contribution in [2.75, 3.05) is 18.9 Å². The maximum atomic E-state index is 12.1. The first-order valence-electron chi connectivity index (χ1n) is 8.98. The first-order valence-corrected chi connectivity index (χ1v) is 9.97. The topological polar surface area (TPSA) is 81.9 Å². The Balaban J connectivity index is 1.48. The van der Waals surface area contributed by atoms with Gasteiger partial charge in [-0.15, -0.1) is 5.10 Å². The number of hydrogen-bond donors (Lipinski definition) is 1. The SMILES string of the molecule is Cc1cccc(OCCNC(=O)CSc2nnnn2-c2cccc(C)c2C)c1.